The second-order valence-corrected chi connectivity index (χ2v) is 10.0. The lowest BCUT2D eigenvalue weighted by Gasteiger charge is -2.59. The first-order chi connectivity index (χ1) is 11.9. The molecule has 0 bridgehead atoms. The van der Waals surface area contributed by atoms with Crippen molar-refractivity contribution >= 4 is 11.8 Å². The molecule has 5 aliphatic rings. The molecule has 5 aliphatic carbocycles. The molecule has 0 aromatic carbocycles. The Hall–Kier alpha value is -0.930. The van der Waals surface area contributed by atoms with Crippen LogP contribution >= 0.6 is 0 Å². The number of esters is 1. The standard InChI is InChI=1S/C21H29FO3/c1-19-7-6-15-13(14(19)3-4-16(19)23)9-17(25-18(24)11-22)21-10-12(21)5-8-20(15,21)2/h12-15,17H,3-11H2,1-2H3/t12-,13-,14-,15-,17+,19-,20+,21-/m0/s1. The number of hydrogen-bond acceptors (Lipinski definition) is 3. The van der Waals surface area contributed by atoms with E-state index in [0.717, 1.165) is 32.1 Å². The topological polar surface area (TPSA) is 43.4 Å². The van der Waals surface area contributed by atoms with Crippen LogP contribution in [0.5, 0.6) is 0 Å². The number of carbonyl (C=O) groups excluding carboxylic acids is 2. The Morgan fingerprint density at radius 3 is 2.72 bits per heavy atom. The van der Waals surface area contributed by atoms with E-state index in [9.17, 15) is 14.0 Å². The minimum absolute atomic E-state index is 0.106. The molecule has 0 heterocycles. The lowest BCUT2D eigenvalue weighted by atomic mass is 9.46. The van der Waals surface area contributed by atoms with E-state index in [0.29, 0.717) is 35.9 Å². The van der Waals surface area contributed by atoms with E-state index < -0.39 is 12.6 Å². The van der Waals surface area contributed by atoms with Crippen LogP contribution in [0.25, 0.3) is 0 Å². The van der Waals surface area contributed by atoms with Gasteiger partial charge in [0.1, 0.15) is 11.9 Å². The second-order valence-electron chi connectivity index (χ2n) is 10.0. The molecule has 0 amide bonds. The Bertz CT molecular complexity index is 647. The van der Waals surface area contributed by atoms with Crippen LogP contribution in [0.2, 0.25) is 0 Å². The predicted octanol–water partition coefficient (Wildman–Crippen LogP) is 4.09. The number of fused-ring (bicyclic) bond motifs is 4. The lowest BCUT2D eigenvalue weighted by Crippen LogP contribution is -2.57. The summed E-state index contributed by atoms with van der Waals surface area (Å²) >= 11 is 0. The third kappa shape index (κ3) is 1.77. The molecule has 4 heteroatoms. The summed E-state index contributed by atoms with van der Waals surface area (Å²) in [7, 11) is 0. The number of carbonyl (C=O) groups is 2. The molecular weight excluding hydrogens is 319 g/mol. The highest BCUT2D eigenvalue weighted by Crippen LogP contribution is 2.81. The first kappa shape index (κ1) is 16.3. The van der Waals surface area contributed by atoms with Crippen molar-refractivity contribution in [3.63, 3.8) is 0 Å². The quantitative estimate of drug-likeness (QED) is 0.706. The van der Waals surface area contributed by atoms with Crippen LogP contribution in [0.3, 0.4) is 0 Å². The van der Waals surface area contributed by atoms with Gasteiger partial charge in [-0.15, -0.1) is 0 Å². The third-order valence-corrected chi connectivity index (χ3v) is 9.64. The van der Waals surface area contributed by atoms with E-state index in [1.165, 1.54) is 12.8 Å². The van der Waals surface area contributed by atoms with Gasteiger partial charge in [0, 0.05) is 17.3 Å². The molecule has 5 rings (SSSR count). The monoisotopic (exact) mass is 348 g/mol. The van der Waals surface area contributed by atoms with Gasteiger partial charge < -0.3 is 4.74 Å². The molecular formula is C21H29FO3. The lowest BCUT2D eigenvalue weighted by molar-refractivity contribution is -0.183. The van der Waals surface area contributed by atoms with Gasteiger partial charge in [0.15, 0.2) is 6.67 Å². The highest BCUT2D eigenvalue weighted by Gasteiger charge is 2.78. The highest BCUT2D eigenvalue weighted by molar-refractivity contribution is 5.87. The molecule has 0 aromatic heterocycles. The minimum atomic E-state index is -1.03. The molecule has 3 nitrogen and oxygen atoms in total. The summed E-state index contributed by atoms with van der Waals surface area (Å²) < 4.78 is 18.6. The van der Waals surface area contributed by atoms with Crippen molar-refractivity contribution in [2.45, 2.75) is 71.3 Å². The van der Waals surface area contributed by atoms with E-state index in [-0.39, 0.29) is 22.3 Å². The van der Waals surface area contributed by atoms with Gasteiger partial charge in [-0.2, -0.15) is 0 Å². The van der Waals surface area contributed by atoms with Crippen LogP contribution in [0, 0.1) is 39.9 Å². The molecule has 0 saturated heterocycles. The van der Waals surface area contributed by atoms with E-state index >= 15 is 0 Å². The minimum Gasteiger partial charge on any atom is -0.460 e. The van der Waals surface area contributed by atoms with Crippen LogP contribution in [0.1, 0.15) is 65.2 Å². The largest absolute Gasteiger partial charge is 0.460 e. The number of hydrogen-bond donors (Lipinski definition) is 0. The van der Waals surface area contributed by atoms with Gasteiger partial charge in [-0.3, -0.25) is 4.79 Å². The Morgan fingerprint density at radius 2 is 2.00 bits per heavy atom. The molecule has 25 heavy (non-hydrogen) atoms. The van der Waals surface area contributed by atoms with Gasteiger partial charge >= 0.3 is 5.97 Å². The zero-order valence-corrected chi connectivity index (χ0v) is 15.4. The van der Waals surface area contributed by atoms with Crippen molar-refractivity contribution in [2.24, 2.45) is 39.9 Å². The maximum absolute atomic E-state index is 12.9. The smallest absolute Gasteiger partial charge is 0.337 e. The van der Waals surface area contributed by atoms with Crippen molar-refractivity contribution in [3.05, 3.63) is 0 Å². The first-order valence-electron chi connectivity index (χ1n) is 10.2. The van der Waals surface area contributed by atoms with Crippen LogP contribution in [0.15, 0.2) is 0 Å². The van der Waals surface area contributed by atoms with E-state index in [2.05, 4.69) is 13.8 Å². The predicted molar refractivity (Wildman–Crippen MR) is 90.4 cm³/mol. The maximum atomic E-state index is 12.9. The molecule has 0 unspecified atom stereocenters. The summed E-state index contributed by atoms with van der Waals surface area (Å²) in [5.74, 6) is 1.93. The number of ketones is 1. The molecule has 138 valence electrons. The summed E-state index contributed by atoms with van der Waals surface area (Å²) in [4.78, 5) is 24.3. The van der Waals surface area contributed by atoms with Crippen LogP contribution in [-0.4, -0.2) is 24.5 Å². The number of Topliss-reactive ketones (excluding diaryl/α,β-unsaturated/α-hetero) is 1. The van der Waals surface area contributed by atoms with Crippen molar-refractivity contribution in [1.82, 2.24) is 0 Å². The Morgan fingerprint density at radius 1 is 1.20 bits per heavy atom. The second kappa shape index (κ2) is 4.86. The number of ether oxygens (including phenoxy) is 1. The number of alkyl halides is 1. The average Bonchev–Trinajstić information content (AvgIpc) is 3.15. The molecule has 8 atom stereocenters. The Labute approximate surface area is 149 Å². The number of rotatable bonds is 2. The summed E-state index contributed by atoms with van der Waals surface area (Å²) in [6.45, 7) is 3.57. The van der Waals surface area contributed by atoms with Gasteiger partial charge in [0.25, 0.3) is 0 Å². The van der Waals surface area contributed by atoms with Crippen molar-refractivity contribution < 1.29 is 18.7 Å². The SMILES string of the molecule is C[C@]12CC[C@H]3[C@@H](C[C@@H](OC(=O)CF)[C@]45C[C@@H]4CC[C@]35C)[C@@H]1CCC2=O. The summed E-state index contributed by atoms with van der Waals surface area (Å²) in [6, 6.07) is 0. The summed E-state index contributed by atoms with van der Waals surface area (Å²) in [5, 5.41) is 0. The Balaban J connectivity index is 1.53. The van der Waals surface area contributed by atoms with Gasteiger partial charge in [0.2, 0.25) is 0 Å². The van der Waals surface area contributed by atoms with E-state index in [1.54, 1.807) is 0 Å². The van der Waals surface area contributed by atoms with Crippen molar-refractivity contribution in [2.75, 3.05) is 6.67 Å². The zero-order chi connectivity index (χ0) is 17.6. The molecule has 5 fully saturated rings. The molecule has 0 aromatic rings. The summed E-state index contributed by atoms with van der Waals surface area (Å²) in [5.41, 5.74) is 0.141. The van der Waals surface area contributed by atoms with Crippen LogP contribution in [-0.2, 0) is 14.3 Å². The molecule has 5 saturated carbocycles. The van der Waals surface area contributed by atoms with Gasteiger partial charge in [-0.1, -0.05) is 13.8 Å². The average molecular weight is 348 g/mol. The fourth-order valence-corrected chi connectivity index (χ4v) is 8.39. The van der Waals surface area contributed by atoms with E-state index in [4.69, 9.17) is 4.74 Å². The summed E-state index contributed by atoms with van der Waals surface area (Å²) in [6.07, 6.45) is 8.18. The van der Waals surface area contributed by atoms with Crippen molar-refractivity contribution in [1.29, 1.82) is 0 Å². The molecule has 0 aliphatic heterocycles. The van der Waals surface area contributed by atoms with E-state index in [1.807, 2.05) is 0 Å². The first-order valence-corrected chi connectivity index (χ1v) is 10.2. The van der Waals surface area contributed by atoms with Crippen molar-refractivity contribution in [3.8, 4) is 0 Å². The third-order valence-electron chi connectivity index (χ3n) is 9.64. The maximum Gasteiger partial charge on any atom is 0.337 e. The fraction of sp³-hybridized carbons (Fsp3) is 0.905. The molecule has 0 radical (unpaired) electrons. The zero-order valence-electron chi connectivity index (χ0n) is 15.4. The highest BCUT2D eigenvalue weighted by atomic mass is 19.1. The van der Waals surface area contributed by atoms with Crippen LogP contribution < -0.4 is 0 Å². The molecule has 1 spiro atoms. The van der Waals surface area contributed by atoms with Gasteiger partial charge in [-0.05, 0) is 74.0 Å². The van der Waals surface area contributed by atoms with Gasteiger partial charge in [0.05, 0.1) is 0 Å². The van der Waals surface area contributed by atoms with Gasteiger partial charge in [-0.25, -0.2) is 9.18 Å². The normalized spacial score (nSPS) is 55.8. The molecule has 0 N–H and O–H groups in total. The Kier molecular flexibility index (Phi) is 3.16. The fourth-order valence-electron chi connectivity index (χ4n) is 8.39. The van der Waals surface area contributed by atoms with Crippen LogP contribution in [0.4, 0.5) is 4.39 Å². The number of halogens is 1.